The summed E-state index contributed by atoms with van der Waals surface area (Å²) in [6.07, 6.45) is 3.92. The SMILES string of the molecule is C[C@@H]1CN(c2nc(=O)n(C)c3c2ncn3C[C@@H]2CCCO2)[C@@H](C)CN1C(c1ccc(F)cc1)c1ccc(F)cc1. The predicted molar refractivity (Wildman–Crippen MR) is 149 cm³/mol. The van der Waals surface area contributed by atoms with Crippen LogP contribution < -0.4 is 10.6 Å². The molecule has 8 nitrogen and oxygen atoms in total. The average Bonchev–Trinajstić information content (AvgIpc) is 3.61. The lowest BCUT2D eigenvalue weighted by molar-refractivity contribution is 0.0976. The summed E-state index contributed by atoms with van der Waals surface area (Å²) in [6, 6.07) is 12.8. The molecule has 210 valence electrons. The minimum atomic E-state index is -0.325. The molecule has 0 radical (unpaired) electrons. The Hall–Kier alpha value is -3.63. The molecule has 0 amide bonds. The van der Waals surface area contributed by atoms with Crippen LogP contribution in [0.4, 0.5) is 14.6 Å². The summed E-state index contributed by atoms with van der Waals surface area (Å²) in [7, 11) is 1.73. The highest BCUT2D eigenvalue weighted by molar-refractivity contribution is 5.84. The van der Waals surface area contributed by atoms with Crippen LogP contribution in [0.1, 0.15) is 43.9 Å². The lowest BCUT2D eigenvalue weighted by atomic mass is 9.93. The van der Waals surface area contributed by atoms with E-state index < -0.39 is 0 Å². The third-order valence-electron chi connectivity index (χ3n) is 8.26. The number of anilines is 1. The molecule has 10 heteroatoms. The number of nitrogens with zero attached hydrogens (tertiary/aromatic N) is 6. The van der Waals surface area contributed by atoms with Gasteiger partial charge in [-0.05, 0) is 62.1 Å². The van der Waals surface area contributed by atoms with Crippen molar-refractivity contribution in [3.63, 3.8) is 0 Å². The molecule has 0 saturated carbocycles. The van der Waals surface area contributed by atoms with Crippen molar-refractivity contribution in [2.45, 2.75) is 57.5 Å². The van der Waals surface area contributed by atoms with E-state index in [2.05, 4.69) is 28.6 Å². The number of halogens is 2. The fraction of sp³-hybridized carbons (Fsp3) is 0.433. The van der Waals surface area contributed by atoms with Gasteiger partial charge in [-0.25, -0.2) is 18.6 Å². The summed E-state index contributed by atoms with van der Waals surface area (Å²) in [4.78, 5) is 26.8. The average molecular weight is 549 g/mol. The summed E-state index contributed by atoms with van der Waals surface area (Å²) < 4.78 is 37.0. The van der Waals surface area contributed by atoms with Crippen LogP contribution in [0.3, 0.4) is 0 Å². The smallest absolute Gasteiger partial charge is 0.350 e. The van der Waals surface area contributed by atoms with Crippen molar-refractivity contribution >= 4 is 17.0 Å². The highest BCUT2D eigenvalue weighted by Gasteiger charge is 2.37. The van der Waals surface area contributed by atoms with Crippen LogP contribution in [0, 0.1) is 11.6 Å². The monoisotopic (exact) mass is 548 g/mol. The topological polar surface area (TPSA) is 68.4 Å². The molecule has 6 rings (SSSR count). The summed E-state index contributed by atoms with van der Waals surface area (Å²) in [5.41, 5.74) is 2.98. The number of imidazole rings is 1. The van der Waals surface area contributed by atoms with E-state index in [1.165, 1.54) is 24.3 Å². The Kier molecular flexibility index (Phi) is 7.14. The zero-order valence-corrected chi connectivity index (χ0v) is 23.0. The molecule has 0 bridgehead atoms. The van der Waals surface area contributed by atoms with E-state index in [0.717, 1.165) is 36.2 Å². The fourth-order valence-corrected chi connectivity index (χ4v) is 6.21. The minimum Gasteiger partial charge on any atom is -0.376 e. The molecular formula is C30H34F2N6O2. The van der Waals surface area contributed by atoms with Crippen molar-refractivity contribution in [2.75, 3.05) is 24.6 Å². The Labute approximate surface area is 231 Å². The first-order chi connectivity index (χ1) is 19.3. The van der Waals surface area contributed by atoms with Gasteiger partial charge < -0.3 is 14.2 Å². The van der Waals surface area contributed by atoms with E-state index in [1.54, 1.807) is 42.2 Å². The number of rotatable bonds is 6. The molecule has 40 heavy (non-hydrogen) atoms. The number of aromatic nitrogens is 4. The largest absolute Gasteiger partial charge is 0.376 e. The number of piperazine rings is 1. The van der Waals surface area contributed by atoms with E-state index in [0.29, 0.717) is 31.0 Å². The van der Waals surface area contributed by atoms with Gasteiger partial charge in [0.2, 0.25) is 0 Å². The number of benzene rings is 2. The first-order valence-corrected chi connectivity index (χ1v) is 13.9. The highest BCUT2D eigenvalue weighted by Crippen LogP contribution is 2.35. The Bertz CT molecular complexity index is 1500. The lowest BCUT2D eigenvalue weighted by Crippen LogP contribution is -2.58. The van der Waals surface area contributed by atoms with Crippen LogP contribution >= 0.6 is 0 Å². The van der Waals surface area contributed by atoms with E-state index >= 15 is 0 Å². The normalized spacial score (nSPS) is 22.1. The van der Waals surface area contributed by atoms with E-state index in [9.17, 15) is 13.6 Å². The van der Waals surface area contributed by atoms with Crippen molar-refractivity contribution in [1.82, 2.24) is 24.0 Å². The standard InChI is InChI=1S/C30H34F2N6O2/c1-19-16-38(28-26-29(35(3)30(39)34-28)36(18-33-26)17-25-5-4-14-40-25)20(2)15-37(19)27(21-6-10-23(31)11-7-21)22-8-12-24(32)13-9-22/h6-13,18-20,25,27H,4-5,14-17H2,1-3H3/t19-,20+,25+/m1/s1. The van der Waals surface area contributed by atoms with Crippen molar-refractivity contribution in [1.29, 1.82) is 0 Å². The lowest BCUT2D eigenvalue weighted by Gasteiger charge is -2.48. The molecular weight excluding hydrogens is 514 g/mol. The summed E-state index contributed by atoms with van der Waals surface area (Å²) >= 11 is 0. The van der Waals surface area contributed by atoms with Crippen molar-refractivity contribution in [3.05, 3.63) is 88.1 Å². The summed E-state index contributed by atoms with van der Waals surface area (Å²) in [5.74, 6) is -0.0108. The van der Waals surface area contributed by atoms with Crippen LogP contribution in [-0.4, -0.2) is 61.9 Å². The maximum absolute atomic E-state index is 13.8. The third kappa shape index (κ3) is 4.90. The van der Waals surface area contributed by atoms with Crippen LogP contribution in [0.25, 0.3) is 11.2 Å². The molecule has 2 aromatic carbocycles. The third-order valence-corrected chi connectivity index (χ3v) is 8.26. The van der Waals surface area contributed by atoms with Gasteiger partial charge in [0.15, 0.2) is 5.82 Å². The number of fused-ring (bicyclic) bond motifs is 1. The van der Waals surface area contributed by atoms with Gasteiger partial charge in [0, 0.05) is 38.8 Å². The second-order valence-corrected chi connectivity index (χ2v) is 11.0. The number of hydrogen-bond acceptors (Lipinski definition) is 6. The van der Waals surface area contributed by atoms with E-state index in [4.69, 9.17) is 9.72 Å². The molecule has 3 atom stereocenters. The van der Waals surface area contributed by atoms with Gasteiger partial charge in [-0.3, -0.25) is 9.47 Å². The van der Waals surface area contributed by atoms with Crippen LogP contribution in [0.15, 0.2) is 59.7 Å². The molecule has 2 aliphatic rings. The number of hydrogen-bond donors (Lipinski definition) is 0. The molecule has 2 fully saturated rings. The van der Waals surface area contributed by atoms with Gasteiger partial charge >= 0.3 is 5.69 Å². The quantitative estimate of drug-likeness (QED) is 0.359. The van der Waals surface area contributed by atoms with Crippen LogP contribution in [0.2, 0.25) is 0 Å². The molecule has 2 saturated heterocycles. The first kappa shape index (κ1) is 26.6. The maximum atomic E-state index is 13.8. The van der Waals surface area contributed by atoms with E-state index in [-0.39, 0.29) is 41.6 Å². The van der Waals surface area contributed by atoms with Crippen molar-refractivity contribution in [2.24, 2.45) is 7.05 Å². The Balaban J connectivity index is 1.34. The molecule has 0 spiro atoms. The van der Waals surface area contributed by atoms with Crippen LogP contribution in [-0.2, 0) is 18.3 Å². The van der Waals surface area contributed by atoms with Gasteiger partial charge in [0.05, 0.1) is 25.0 Å². The van der Waals surface area contributed by atoms with Gasteiger partial charge in [-0.1, -0.05) is 24.3 Å². The highest BCUT2D eigenvalue weighted by atomic mass is 19.1. The summed E-state index contributed by atoms with van der Waals surface area (Å²) in [5, 5.41) is 0. The molecule has 2 aromatic heterocycles. The first-order valence-electron chi connectivity index (χ1n) is 13.9. The molecule has 2 aliphatic heterocycles. The molecule has 4 aromatic rings. The Morgan fingerprint density at radius 2 is 1.62 bits per heavy atom. The molecule has 0 unspecified atom stereocenters. The minimum absolute atomic E-state index is 0.00859. The second-order valence-electron chi connectivity index (χ2n) is 11.0. The maximum Gasteiger partial charge on any atom is 0.350 e. The van der Waals surface area contributed by atoms with Gasteiger partial charge in [-0.2, -0.15) is 4.98 Å². The summed E-state index contributed by atoms with van der Waals surface area (Å²) in [6.45, 7) is 6.90. The second kappa shape index (κ2) is 10.7. The van der Waals surface area contributed by atoms with Crippen LogP contribution in [0.5, 0.6) is 0 Å². The number of ether oxygens (including phenoxy) is 1. The zero-order chi connectivity index (χ0) is 28.0. The molecule has 0 aliphatic carbocycles. The number of aryl methyl sites for hydroxylation is 1. The van der Waals surface area contributed by atoms with Gasteiger partial charge in [0.25, 0.3) is 0 Å². The zero-order valence-electron chi connectivity index (χ0n) is 23.0. The molecule has 0 N–H and O–H groups in total. The van der Waals surface area contributed by atoms with Gasteiger partial charge in [0.1, 0.15) is 22.8 Å². The fourth-order valence-electron chi connectivity index (χ4n) is 6.21. The Morgan fingerprint density at radius 3 is 2.23 bits per heavy atom. The molecule has 4 heterocycles. The van der Waals surface area contributed by atoms with Crippen molar-refractivity contribution in [3.8, 4) is 0 Å². The van der Waals surface area contributed by atoms with Crippen molar-refractivity contribution < 1.29 is 13.5 Å². The Morgan fingerprint density at radius 1 is 0.975 bits per heavy atom. The van der Waals surface area contributed by atoms with E-state index in [1.807, 2.05) is 4.57 Å². The predicted octanol–water partition coefficient (Wildman–Crippen LogP) is 4.28. The van der Waals surface area contributed by atoms with Gasteiger partial charge in [-0.15, -0.1) is 0 Å².